The molecule has 2 rings (SSSR count). The van der Waals surface area contributed by atoms with E-state index in [9.17, 15) is 9.59 Å². The summed E-state index contributed by atoms with van der Waals surface area (Å²) < 4.78 is 5.74. The molecule has 0 aliphatic carbocycles. The molecule has 1 atom stereocenters. The van der Waals surface area contributed by atoms with Gasteiger partial charge in [-0.05, 0) is 11.5 Å². The highest BCUT2D eigenvalue weighted by atomic mass is 16.4. The molecule has 0 unspecified atom stereocenters. The van der Waals surface area contributed by atoms with E-state index in [1.54, 1.807) is 0 Å². The molecule has 0 radical (unpaired) electrons. The van der Waals surface area contributed by atoms with Crippen molar-refractivity contribution < 1.29 is 14.0 Å². The lowest BCUT2D eigenvalue weighted by Gasteiger charge is -2.12. The van der Waals surface area contributed by atoms with Crippen LogP contribution in [-0.4, -0.2) is 25.4 Å². The molecule has 1 heterocycles. The van der Waals surface area contributed by atoms with Gasteiger partial charge in [-0.15, -0.1) is 0 Å². The molecule has 24 heavy (non-hydrogen) atoms. The molecular formula is C19H24N2O3. The molecule has 2 N–H and O–H groups in total. The summed E-state index contributed by atoms with van der Waals surface area (Å²) in [5.74, 6) is 0.282. The summed E-state index contributed by atoms with van der Waals surface area (Å²) in [6, 6.07) is 11.3. The van der Waals surface area contributed by atoms with E-state index >= 15 is 0 Å². The number of hydrogen-bond acceptors (Lipinski definition) is 3. The van der Waals surface area contributed by atoms with Crippen molar-refractivity contribution >= 4 is 11.8 Å². The lowest BCUT2D eigenvalue weighted by atomic mass is 9.96. The van der Waals surface area contributed by atoms with Crippen molar-refractivity contribution in [1.29, 1.82) is 0 Å². The van der Waals surface area contributed by atoms with Crippen LogP contribution in [0, 0.1) is 5.92 Å². The van der Waals surface area contributed by atoms with Crippen LogP contribution in [0.1, 0.15) is 58.9 Å². The topological polar surface area (TPSA) is 71.3 Å². The summed E-state index contributed by atoms with van der Waals surface area (Å²) in [6.07, 6.45) is 0. The largest absolute Gasteiger partial charge is 0.454 e. The van der Waals surface area contributed by atoms with E-state index in [4.69, 9.17) is 4.42 Å². The molecule has 2 aromatic rings. The van der Waals surface area contributed by atoms with Gasteiger partial charge in [-0.1, -0.05) is 51.1 Å². The van der Waals surface area contributed by atoms with Gasteiger partial charge >= 0.3 is 0 Å². The van der Waals surface area contributed by atoms with Crippen LogP contribution in [0.3, 0.4) is 0 Å². The van der Waals surface area contributed by atoms with Crippen molar-refractivity contribution in [2.24, 2.45) is 5.92 Å². The smallest absolute Gasteiger partial charge is 0.286 e. The normalized spacial score (nSPS) is 12.0. The highest BCUT2D eigenvalue weighted by Gasteiger charge is 2.25. The van der Waals surface area contributed by atoms with Crippen LogP contribution in [0.5, 0.6) is 0 Å². The maximum atomic E-state index is 12.5. The summed E-state index contributed by atoms with van der Waals surface area (Å²) in [7, 11) is 1.53. The molecule has 0 bridgehead atoms. The third kappa shape index (κ3) is 4.04. The Hall–Kier alpha value is -2.56. The SMILES string of the molecule is CNC(=O)c1cc(C(=O)NCC(C)C)c([C@@H](C)c2ccccc2)o1. The lowest BCUT2D eigenvalue weighted by Crippen LogP contribution is -2.28. The van der Waals surface area contributed by atoms with E-state index in [2.05, 4.69) is 10.6 Å². The van der Waals surface area contributed by atoms with Crippen molar-refractivity contribution in [2.75, 3.05) is 13.6 Å². The van der Waals surface area contributed by atoms with Gasteiger partial charge < -0.3 is 15.1 Å². The van der Waals surface area contributed by atoms with E-state index in [1.807, 2.05) is 51.1 Å². The number of furan rings is 1. The molecule has 0 fully saturated rings. The Morgan fingerprint density at radius 2 is 1.75 bits per heavy atom. The number of hydrogen-bond donors (Lipinski definition) is 2. The Morgan fingerprint density at radius 3 is 2.33 bits per heavy atom. The van der Waals surface area contributed by atoms with Gasteiger partial charge in [0.25, 0.3) is 11.8 Å². The maximum Gasteiger partial charge on any atom is 0.286 e. The fourth-order valence-corrected chi connectivity index (χ4v) is 2.42. The Kier molecular flexibility index (Phi) is 5.79. The first-order valence-electron chi connectivity index (χ1n) is 8.13. The zero-order valence-electron chi connectivity index (χ0n) is 14.6. The van der Waals surface area contributed by atoms with Crippen molar-refractivity contribution in [3.63, 3.8) is 0 Å². The second-order valence-corrected chi connectivity index (χ2v) is 6.20. The zero-order valence-corrected chi connectivity index (χ0v) is 14.6. The molecule has 128 valence electrons. The molecule has 0 spiro atoms. The molecule has 0 aliphatic heterocycles. The molecule has 2 amide bonds. The zero-order chi connectivity index (χ0) is 17.7. The summed E-state index contributed by atoms with van der Waals surface area (Å²) in [5.41, 5.74) is 1.43. The fraction of sp³-hybridized carbons (Fsp3) is 0.368. The first kappa shape index (κ1) is 17.8. The fourth-order valence-electron chi connectivity index (χ4n) is 2.42. The average molecular weight is 328 g/mol. The summed E-state index contributed by atoms with van der Waals surface area (Å²) in [4.78, 5) is 24.4. The Bertz CT molecular complexity index is 705. The minimum absolute atomic E-state index is 0.135. The van der Waals surface area contributed by atoms with Crippen LogP contribution in [0.4, 0.5) is 0 Å². The summed E-state index contributed by atoms with van der Waals surface area (Å²) in [5, 5.41) is 5.41. The Balaban J connectivity index is 2.38. The van der Waals surface area contributed by atoms with Crippen LogP contribution in [-0.2, 0) is 0 Å². The van der Waals surface area contributed by atoms with Crippen molar-refractivity contribution in [3.8, 4) is 0 Å². The number of amides is 2. The molecule has 0 saturated heterocycles. The molecular weight excluding hydrogens is 304 g/mol. The number of nitrogens with one attached hydrogen (secondary N) is 2. The maximum absolute atomic E-state index is 12.5. The van der Waals surface area contributed by atoms with Gasteiger partial charge in [0.1, 0.15) is 5.76 Å². The second kappa shape index (κ2) is 7.81. The van der Waals surface area contributed by atoms with Crippen LogP contribution >= 0.6 is 0 Å². The van der Waals surface area contributed by atoms with Crippen LogP contribution < -0.4 is 10.6 Å². The second-order valence-electron chi connectivity index (χ2n) is 6.20. The van der Waals surface area contributed by atoms with E-state index in [1.165, 1.54) is 13.1 Å². The van der Waals surface area contributed by atoms with Crippen molar-refractivity contribution in [2.45, 2.75) is 26.7 Å². The highest BCUT2D eigenvalue weighted by Crippen LogP contribution is 2.29. The third-order valence-corrected chi connectivity index (χ3v) is 3.82. The predicted molar refractivity (Wildman–Crippen MR) is 93.2 cm³/mol. The predicted octanol–water partition coefficient (Wildman–Crippen LogP) is 3.18. The Morgan fingerprint density at radius 1 is 1.08 bits per heavy atom. The van der Waals surface area contributed by atoms with Crippen molar-refractivity contribution in [1.82, 2.24) is 10.6 Å². The number of carbonyl (C=O) groups is 2. The number of carbonyl (C=O) groups excluding carboxylic acids is 2. The van der Waals surface area contributed by atoms with Gasteiger partial charge in [0.15, 0.2) is 5.76 Å². The summed E-state index contributed by atoms with van der Waals surface area (Å²) >= 11 is 0. The average Bonchev–Trinajstić information content (AvgIpc) is 3.04. The van der Waals surface area contributed by atoms with E-state index in [0.717, 1.165) is 5.56 Å². The lowest BCUT2D eigenvalue weighted by molar-refractivity contribution is 0.0928. The van der Waals surface area contributed by atoms with Gasteiger partial charge in [-0.3, -0.25) is 9.59 Å². The first-order valence-corrected chi connectivity index (χ1v) is 8.13. The monoisotopic (exact) mass is 328 g/mol. The third-order valence-electron chi connectivity index (χ3n) is 3.82. The Labute approximate surface area is 142 Å². The number of rotatable bonds is 6. The minimum atomic E-state index is -0.348. The van der Waals surface area contributed by atoms with Gasteiger partial charge in [0.2, 0.25) is 0 Å². The quantitative estimate of drug-likeness (QED) is 0.855. The van der Waals surface area contributed by atoms with Crippen LogP contribution in [0.2, 0.25) is 0 Å². The van der Waals surface area contributed by atoms with Gasteiger partial charge in [-0.25, -0.2) is 0 Å². The van der Waals surface area contributed by atoms with Crippen molar-refractivity contribution in [3.05, 3.63) is 59.0 Å². The minimum Gasteiger partial charge on any atom is -0.454 e. The van der Waals surface area contributed by atoms with Gasteiger partial charge in [0.05, 0.1) is 5.56 Å². The van der Waals surface area contributed by atoms with Gasteiger partial charge in [-0.2, -0.15) is 0 Å². The van der Waals surface area contributed by atoms with Crippen LogP contribution in [0.15, 0.2) is 40.8 Å². The molecule has 1 aromatic heterocycles. The van der Waals surface area contributed by atoms with Gasteiger partial charge in [0, 0.05) is 25.6 Å². The molecule has 5 nitrogen and oxygen atoms in total. The number of benzene rings is 1. The first-order chi connectivity index (χ1) is 11.4. The molecule has 5 heteroatoms. The standard InChI is InChI=1S/C19H24N2O3/c1-12(2)11-21-18(22)15-10-16(19(23)20-4)24-17(15)13(3)14-8-6-5-7-9-14/h5-10,12-13H,11H2,1-4H3,(H,20,23)(H,21,22)/t13-/m0/s1. The highest BCUT2D eigenvalue weighted by molar-refractivity contribution is 5.99. The molecule has 0 aliphatic rings. The van der Waals surface area contributed by atoms with E-state index < -0.39 is 0 Å². The van der Waals surface area contributed by atoms with Crippen LogP contribution in [0.25, 0.3) is 0 Å². The molecule has 1 aromatic carbocycles. The van der Waals surface area contributed by atoms with E-state index in [0.29, 0.717) is 23.8 Å². The van der Waals surface area contributed by atoms with E-state index in [-0.39, 0.29) is 23.5 Å². The molecule has 0 saturated carbocycles. The summed E-state index contributed by atoms with van der Waals surface area (Å²) in [6.45, 7) is 6.58.